The standard InChI is InChI=1S/C13H15F2N3O2/c1-8-17-13(18-20-8)6-16-12(7-19-2)9-3-4-10(14)11(15)5-9/h3-5,12,16H,6-7H2,1-2H3. The van der Waals surface area contributed by atoms with E-state index in [1.54, 1.807) is 6.92 Å². The summed E-state index contributed by atoms with van der Waals surface area (Å²) in [6.07, 6.45) is 0. The molecular formula is C13H15F2N3O2. The molecular weight excluding hydrogens is 268 g/mol. The lowest BCUT2D eigenvalue weighted by Crippen LogP contribution is -2.25. The lowest BCUT2D eigenvalue weighted by atomic mass is 10.1. The average molecular weight is 283 g/mol. The number of aromatic nitrogens is 2. The Kier molecular flexibility index (Phi) is 4.75. The van der Waals surface area contributed by atoms with Crippen molar-refractivity contribution in [3.05, 3.63) is 47.1 Å². The van der Waals surface area contributed by atoms with E-state index in [1.165, 1.54) is 13.2 Å². The summed E-state index contributed by atoms with van der Waals surface area (Å²) >= 11 is 0. The number of ether oxygens (including phenoxy) is 1. The molecule has 0 aliphatic heterocycles. The zero-order valence-corrected chi connectivity index (χ0v) is 11.2. The van der Waals surface area contributed by atoms with Gasteiger partial charge in [-0.2, -0.15) is 4.98 Å². The van der Waals surface area contributed by atoms with Crippen LogP contribution in [-0.4, -0.2) is 23.9 Å². The van der Waals surface area contributed by atoms with Crippen molar-refractivity contribution >= 4 is 0 Å². The van der Waals surface area contributed by atoms with Crippen LogP contribution in [0.1, 0.15) is 23.3 Å². The van der Waals surface area contributed by atoms with E-state index < -0.39 is 11.6 Å². The molecule has 0 spiro atoms. The summed E-state index contributed by atoms with van der Waals surface area (Å²) in [5.41, 5.74) is 0.589. The van der Waals surface area contributed by atoms with Crippen LogP contribution < -0.4 is 5.32 Å². The van der Waals surface area contributed by atoms with Crippen LogP contribution in [0.4, 0.5) is 8.78 Å². The third-order valence-corrected chi connectivity index (χ3v) is 2.76. The highest BCUT2D eigenvalue weighted by Crippen LogP contribution is 2.17. The van der Waals surface area contributed by atoms with Gasteiger partial charge in [-0.3, -0.25) is 0 Å². The molecule has 0 saturated carbocycles. The van der Waals surface area contributed by atoms with Crippen molar-refractivity contribution in [1.29, 1.82) is 0 Å². The van der Waals surface area contributed by atoms with Crippen molar-refractivity contribution < 1.29 is 18.0 Å². The van der Waals surface area contributed by atoms with Gasteiger partial charge in [0.2, 0.25) is 5.89 Å². The maximum Gasteiger partial charge on any atom is 0.223 e. The molecule has 108 valence electrons. The maximum atomic E-state index is 13.3. The Bertz CT molecular complexity index is 574. The highest BCUT2D eigenvalue weighted by Gasteiger charge is 2.14. The molecule has 1 aromatic carbocycles. The second-order valence-electron chi connectivity index (χ2n) is 4.29. The molecule has 1 aromatic heterocycles. The van der Waals surface area contributed by atoms with Crippen molar-refractivity contribution in [3.63, 3.8) is 0 Å². The van der Waals surface area contributed by atoms with Gasteiger partial charge in [0.15, 0.2) is 17.5 Å². The van der Waals surface area contributed by atoms with Crippen LogP contribution in [0.15, 0.2) is 22.7 Å². The van der Waals surface area contributed by atoms with Crippen LogP contribution in [0.5, 0.6) is 0 Å². The van der Waals surface area contributed by atoms with Gasteiger partial charge in [-0.1, -0.05) is 11.2 Å². The fourth-order valence-corrected chi connectivity index (χ4v) is 1.80. The van der Waals surface area contributed by atoms with Gasteiger partial charge in [-0.25, -0.2) is 8.78 Å². The second kappa shape index (κ2) is 6.53. The van der Waals surface area contributed by atoms with Crippen molar-refractivity contribution in [2.45, 2.75) is 19.5 Å². The number of benzene rings is 1. The number of nitrogens with zero attached hydrogens (tertiary/aromatic N) is 2. The number of hydrogen-bond acceptors (Lipinski definition) is 5. The normalized spacial score (nSPS) is 12.6. The van der Waals surface area contributed by atoms with Gasteiger partial charge < -0.3 is 14.6 Å². The summed E-state index contributed by atoms with van der Waals surface area (Å²) in [4.78, 5) is 4.05. The van der Waals surface area contributed by atoms with Crippen molar-refractivity contribution in [3.8, 4) is 0 Å². The first-order chi connectivity index (χ1) is 9.60. The van der Waals surface area contributed by atoms with Crippen LogP contribution in [-0.2, 0) is 11.3 Å². The number of aryl methyl sites for hydroxylation is 1. The minimum absolute atomic E-state index is 0.297. The molecule has 0 saturated heterocycles. The molecule has 0 radical (unpaired) electrons. The van der Waals surface area contributed by atoms with E-state index >= 15 is 0 Å². The minimum Gasteiger partial charge on any atom is -0.383 e. The Morgan fingerprint density at radius 1 is 1.35 bits per heavy atom. The monoisotopic (exact) mass is 283 g/mol. The molecule has 1 unspecified atom stereocenters. The van der Waals surface area contributed by atoms with Gasteiger partial charge in [-0.05, 0) is 17.7 Å². The predicted octanol–water partition coefficient (Wildman–Crippen LogP) is 2.13. The van der Waals surface area contributed by atoms with E-state index in [1.807, 2.05) is 0 Å². The first kappa shape index (κ1) is 14.5. The molecule has 1 heterocycles. The van der Waals surface area contributed by atoms with Crippen LogP contribution in [0.2, 0.25) is 0 Å². The number of rotatable bonds is 6. The summed E-state index contributed by atoms with van der Waals surface area (Å²) in [6, 6.07) is 3.45. The highest BCUT2D eigenvalue weighted by atomic mass is 19.2. The van der Waals surface area contributed by atoms with E-state index in [4.69, 9.17) is 9.26 Å². The molecule has 0 aliphatic carbocycles. The Balaban J connectivity index is 2.07. The summed E-state index contributed by atoms with van der Waals surface area (Å²) in [5, 5.41) is 6.86. The molecule has 2 aromatic rings. The summed E-state index contributed by atoms with van der Waals surface area (Å²) in [5.74, 6) is -0.802. The maximum absolute atomic E-state index is 13.3. The van der Waals surface area contributed by atoms with E-state index in [-0.39, 0.29) is 6.04 Å². The summed E-state index contributed by atoms with van der Waals surface area (Å²) < 4.78 is 36.1. The van der Waals surface area contributed by atoms with Crippen molar-refractivity contribution in [2.24, 2.45) is 0 Å². The smallest absolute Gasteiger partial charge is 0.223 e. The zero-order valence-electron chi connectivity index (χ0n) is 11.2. The van der Waals surface area contributed by atoms with Gasteiger partial charge in [0, 0.05) is 14.0 Å². The molecule has 0 amide bonds. The van der Waals surface area contributed by atoms with Gasteiger partial charge in [0.05, 0.1) is 19.2 Å². The van der Waals surface area contributed by atoms with E-state index in [9.17, 15) is 8.78 Å². The second-order valence-corrected chi connectivity index (χ2v) is 4.29. The summed E-state index contributed by atoms with van der Waals surface area (Å²) in [7, 11) is 1.53. The summed E-state index contributed by atoms with van der Waals surface area (Å²) in [6.45, 7) is 2.34. The fourth-order valence-electron chi connectivity index (χ4n) is 1.80. The highest BCUT2D eigenvalue weighted by molar-refractivity contribution is 5.21. The molecule has 20 heavy (non-hydrogen) atoms. The number of nitrogens with one attached hydrogen (secondary N) is 1. The quantitative estimate of drug-likeness (QED) is 0.880. The first-order valence-electron chi connectivity index (χ1n) is 6.06. The largest absolute Gasteiger partial charge is 0.383 e. The van der Waals surface area contributed by atoms with Gasteiger partial charge in [-0.15, -0.1) is 0 Å². The molecule has 0 bridgehead atoms. The third kappa shape index (κ3) is 3.58. The molecule has 0 aliphatic rings. The Labute approximate surface area is 114 Å². The fraction of sp³-hybridized carbons (Fsp3) is 0.385. The zero-order chi connectivity index (χ0) is 14.5. The van der Waals surface area contributed by atoms with Crippen molar-refractivity contribution in [1.82, 2.24) is 15.5 Å². The number of halogens is 2. The van der Waals surface area contributed by atoms with Crippen molar-refractivity contribution in [2.75, 3.05) is 13.7 Å². The number of hydrogen-bond donors (Lipinski definition) is 1. The minimum atomic E-state index is -0.888. The molecule has 1 atom stereocenters. The van der Waals surface area contributed by atoms with Crippen LogP contribution in [0, 0.1) is 18.6 Å². The van der Waals surface area contributed by atoms with Crippen LogP contribution >= 0.6 is 0 Å². The SMILES string of the molecule is COCC(NCc1noc(C)n1)c1ccc(F)c(F)c1. The topological polar surface area (TPSA) is 60.2 Å². The molecule has 5 nitrogen and oxygen atoms in total. The lowest BCUT2D eigenvalue weighted by Gasteiger charge is -2.17. The van der Waals surface area contributed by atoms with Gasteiger partial charge in [0.1, 0.15) is 0 Å². The van der Waals surface area contributed by atoms with Gasteiger partial charge >= 0.3 is 0 Å². The van der Waals surface area contributed by atoms with Crippen LogP contribution in [0.25, 0.3) is 0 Å². The molecule has 2 rings (SSSR count). The van der Waals surface area contributed by atoms with Crippen LogP contribution in [0.3, 0.4) is 0 Å². The lowest BCUT2D eigenvalue weighted by molar-refractivity contribution is 0.165. The Hall–Kier alpha value is -1.86. The Morgan fingerprint density at radius 2 is 2.15 bits per heavy atom. The first-order valence-corrected chi connectivity index (χ1v) is 6.06. The van der Waals surface area contributed by atoms with E-state index in [0.29, 0.717) is 30.4 Å². The predicted molar refractivity (Wildman–Crippen MR) is 66.8 cm³/mol. The van der Waals surface area contributed by atoms with E-state index in [2.05, 4.69) is 15.5 Å². The van der Waals surface area contributed by atoms with E-state index in [0.717, 1.165) is 12.1 Å². The molecule has 0 fully saturated rings. The van der Waals surface area contributed by atoms with Gasteiger partial charge in [0.25, 0.3) is 0 Å². The molecule has 1 N–H and O–H groups in total. The number of methoxy groups -OCH3 is 1. The third-order valence-electron chi connectivity index (χ3n) is 2.76. The molecule has 7 heteroatoms. The Morgan fingerprint density at radius 3 is 2.75 bits per heavy atom. The average Bonchev–Trinajstić information content (AvgIpc) is 2.84.